The highest BCUT2D eigenvalue weighted by atomic mass is 32.2. The van der Waals surface area contributed by atoms with E-state index in [4.69, 9.17) is 5.11 Å². The van der Waals surface area contributed by atoms with Crippen LogP contribution in [0.2, 0.25) is 0 Å². The van der Waals surface area contributed by atoms with Crippen molar-refractivity contribution in [1.82, 2.24) is 4.98 Å². The Hall–Kier alpha value is -2.38. The van der Waals surface area contributed by atoms with Crippen LogP contribution in [0, 0.1) is 6.92 Å². The van der Waals surface area contributed by atoms with Crippen LogP contribution in [0.3, 0.4) is 0 Å². The number of fused-ring (bicyclic) bond motifs is 1. The van der Waals surface area contributed by atoms with Gasteiger partial charge in [0.05, 0.1) is 16.0 Å². The molecule has 1 heterocycles. The standard InChI is InChI=1S/C17H14N2O3S2/c1-10-4-2-3-5-12(10)16(22)18-11-6-7-13-14(8-11)24-17(19-13)23-9-15(20)21/h2-8H,9H2,1H3,(H,18,22)(H,20,21). The topological polar surface area (TPSA) is 79.3 Å². The van der Waals surface area contributed by atoms with Crippen molar-refractivity contribution in [3.63, 3.8) is 0 Å². The first-order chi connectivity index (χ1) is 11.5. The zero-order chi connectivity index (χ0) is 17.1. The number of nitrogens with zero attached hydrogens (tertiary/aromatic N) is 1. The molecule has 0 saturated carbocycles. The van der Waals surface area contributed by atoms with Crippen molar-refractivity contribution in [2.24, 2.45) is 0 Å². The Morgan fingerprint density at radius 3 is 2.79 bits per heavy atom. The molecule has 0 atom stereocenters. The smallest absolute Gasteiger partial charge is 0.313 e. The average molecular weight is 358 g/mol. The molecular formula is C17H14N2O3S2. The third-order valence-corrected chi connectivity index (χ3v) is 5.48. The summed E-state index contributed by atoms with van der Waals surface area (Å²) in [5.41, 5.74) is 3.04. The van der Waals surface area contributed by atoms with Crippen molar-refractivity contribution in [2.45, 2.75) is 11.3 Å². The minimum atomic E-state index is -0.870. The number of amides is 1. The molecule has 0 fully saturated rings. The lowest BCUT2D eigenvalue weighted by Gasteiger charge is -2.07. The van der Waals surface area contributed by atoms with Gasteiger partial charge in [-0.05, 0) is 36.8 Å². The number of benzene rings is 2. The molecule has 0 spiro atoms. The van der Waals surface area contributed by atoms with Gasteiger partial charge in [0.15, 0.2) is 4.34 Å². The van der Waals surface area contributed by atoms with E-state index in [9.17, 15) is 9.59 Å². The summed E-state index contributed by atoms with van der Waals surface area (Å²) in [5, 5.41) is 11.6. The Bertz CT molecular complexity index is 921. The van der Waals surface area contributed by atoms with Crippen LogP contribution in [0.15, 0.2) is 46.8 Å². The Morgan fingerprint density at radius 2 is 2.04 bits per heavy atom. The molecule has 0 saturated heterocycles. The van der Waals surface area contributed by atoms with Crippen LogP contribution in [0.25, 0.3) is 10.2 Å². The van der Waals surface area contributed by atoms with Crippen LogP contribution in [0.4, 0.5) is 5.69 Å². The van der Waals surface area contributed by atoms with Gasteiger partial charge in [-0.25, -0.2) is 4.98 Å². The van der Waals surface area contributed by atoms with Crippen molar-refractivity contribution in [3.05, 3.63) is 53.6 Å². The van der Waals surface area contributed by atoms with Crippen molar-refractivity contribution in [1.29, 1.82) is 0 Å². The fourth-order valence-electron chi connectivity index (χ4n) is 2.19. The van der Waals surface area contributed by atoms with Crippen molar-refractivity contribution < 1.29 is 14.7 Å². The minimum absolute atomic E-state index is 0.0172. The van der Waals surface area contributed by atoms with Gasteiger partial charge in [-0.1, -0.05) is 30.0 Å². The Kier molecular flexibility index (Phi) is 4.82. The average Bonchev–Trinajstić information content (AvgIpc) is 2.95. The molecule has 24 heavy (non-hydrogen) atoms. The second-order valence-corrected chi connectivity index (χ2v) is 7.37. The van der Waals surface area contributed by atoms with Gasteiger partial charge in [-0.15, -0.1) is 11.3 Å². The fraction of sp³-hybridized carbons (Fsp3) is 0.118. The number of thioether (sulfide) groups is 1. The number of carboxylic acid groups (broad SMARTS) is 1. The van der Waals surface area contributed by atoms with E-state index < -0.39 is 5.97 Å². The van der Waals surface area contributed by atoms with Crippen molar-refractivity contribution >= 4 is 50.9 Å². The molecule has 2 aromatic carbocycles. The first-order valence-corrected chi connectivity index (χ1v) is 8.95. The molecule has 3 aromatic rings. The Morgan fingerprint density at radius 1 is 1.25 bits per heavy atom. The number of aryl methyl sites for hydroxylation is 1. The van der Waals surface area contributed by atoms with E-state index in [2.05, 4.69) is 10.3 Å². The van der Waals surface area contributed by atoms with E-state index in [-0.39, 0.29) is 11.7 Å². The largest absolute Gasteiger partial charge is 0.481 e. The van der Waals surface area contributed by atoms with Crippen LogP contribution < -0.4 is 5.32 Å². The summed E-state index contributed by atoms with van der Waals surface area (Å²) >= 11 is 2.61. The lowest BCUT2D eigenvalue weighted by Crippen LogP contribution is -2.13. The number of carbonyl (C=O) groups excluding carboxylic acids is 1. The summed E-state index contributed by atoms with van der Waals surface area (Å²) in [4.78, 5) is 27.4. The molecule has 2 N–H and O–H groups in total. The highest BCUT2D eigenvalue weighted by Gasteiger charge is 2.11. The quantitative estimate of drug-likeness (QED) is 0.673. The van der Waals surface area contributed by atoms with Crippen LogP contribution >= 0.6 is 23.1 Å². The minimum Gasteiger partial charge on any atom is -0.481 e. The third-order valence-electron chi connectivity index (χ3n) is 3.34. The molecule has 7 heteroatoms. The van der Waals surface area contributed by atoms with E-state index in [0.717, 1.165) is 15.8 Å². The van der Waals surface area contributed by atoms with E-state index in [0.29, 0.717) is 15.6 Å². The molecule has 0 aliphatic carbocycles. The first kappa shape index (κ1) is 16.5. The van der Waals surface area contributed by atoms with Crippen LogP contribution in [-0.4, -0.2) is 27.7 Å². The monoisotopic (exact) mass is 358 g/mol. The predicted octanol–water partition coefficient (Wildman–Crippen LogP) is 4.03. The molecule has 1 aromatic heterocycles. The van der Waals surface area contributed by atoms with Gasteiger partial charge < -0.3 is 10.4 Å². The SMILES string of the molecule is Cc1ccccc1C(=O)Nc1ccc2nc(SCC(=O)O)sc2c1. The Labute approximate surface area is 146 Å². The van der Waals surface area contributed by atoms with Crippen molar-refractivity contribution in [2.75, 3.05) is 11.1 Å². The van der Waals surface area contributed by atoms with Gasteiger partial charge in [0, 0.05) is 11.3 Å². The fourth-order valence-corrected chi connectivity index (χ4v) is 4.02. The van der Waals surface area contributed by atoms with E-state index in [1.165, 1.54) is 23.1 Å². The van der Waals surface area contributed by atoms with Crippen molar-refractivity contribution in [3.8, 4) is 0 Å². The maximum Gasteiger partial charge on any atom is 0.313 e. The highest BCUT2D eigenvalue weighted by Crippen LogP contribution is 2.31. The summed E-state index contributed by atoms with van der Waals surface area (Å²) in [5.74, 6) is -1.04. The van der Waals surface area contributed by atoms with Crippen LogP contribution in [-0.2, 0) is 4.79 Å². The Balaban J connectivity index is 1.79. The number of carbonyl (C=O) groups is 2. The van der Waals surface area contributed by atoms with Gasteiger partial charge in [0.1, 0.15) is 0 Å². The second-order valence-electron chi connectivity index (χ2n) is 5.11. The summed E-state index contributed by atoms with van der Waals surface area (Å²) < 4.78 is 1.61. The van der Waals surface area contributed by atoms with Gasteiger partial charge >= 0.3 is 5.97 Å². The number of aromatic nitrogens is 1. The van der Waals surface area contributed by atoms with Gasteiger partial charge in [0.2, 0.25) is 0 Å². The first-order valence-electron chi connectivity index (χ1n) is 7.15. The van der Waals surface area contributed by atoms with E-state index in [1.807, 2.05) is 37.3 Å². The molecule has 3 rings (SSSR count). The number of nitrogens with one attached hydrogen (secondary N) is 1. The maximum atomic E-state index is 12.4. The molecule has 0 radical (unpaired) electrons. The molecule has 1 amide bonds. The number of aliphatic carboxylic acids is 1. The molecule has 122 valence electrons. The van der Waals surface area contributed by atoms with E-state index in [1.54, 1.807) is 12.1 Å². The molecule has 0 bridgehead atoms. The number of thiazole rings is 1. The summed E-state index contributed by atoms with van der Waals surface area (Å²) in [6.07, 6.45) is 0. The lowest BCUT2D eigenvalue weighted by atomic mass is 10.1. The summed E-state index contributed by atoms with van der Waals surface area (Å²) in [7, 11) is 0. The normalized spacial score (nSPS) is 10.7. The molecule has 0 unspecified atom stereocenters. The molecule has 5 nitrogen and oxygen atoms in total. The van der Waals surface area contributed by atoms with Gasteiger partial charge in [0.25, 0.3) is 5.91 Å². The molecular weight excluding hydrogens is 344 g/mol. The number of anilines is 1. The van der Waals surface area contributed by atoms with Gasteiger partial charge in [-0.3, -0.25) is 9.59 Å². The van der Waals surface area contributed by atoms with Gasteiger partial charge in [-0.2, -0.15) is 0 Å². The van der Waals surface area contributed by atoms with E-state index >= 15 is 0 Å². The molecule has 0 aliphatic heterocycles. The summed E-state index contributed by atoms with van der Waals surface area (Å²) in [6.45, 7) is 1.90. The summed E-state index contributed by atoms with van der Waals surface area (Å²) in [6, 6.07) is 12.9. The number of carboxylic acids is 1. The van der Waals surface area contributed by atoms with Crippen LogP contribution in [0.5, 0.6) is 0 Å². The maximum absolute atomic E-state index is 12.4. The zero-order valence-corrected chi connectivity index (χ0v) is 14.4. The third kappa shape index (κ3) is 3.74. The highest BCUT2D eigenvalue weighted by molar-refractivity contribution is 8.01. The zero-order valence-electron chi connectivity index (χ0n) is 12.8. The number of hydrogen-bond donors (Lipinski definition) is 2. The van der Waals surface area contributed by atoms with Crippen LogP contribution in [0.1, 0.15) is 15.9 Å². The predicted molar refractivity (Wildman–Crippen MR) is 97.1 cm³/mol. The second kappa shape index (κ2) is 7.02. The molecule has 0 aliphatic rings. The number of hydrogen-bond acceptors (Lipinski definition) is 5. The lowest BCUT2D eigenvalue weighted by molar-refractivity contribution is -0.133. The number of rotatable bonds is 5.